The predicted octanol–water partition coefficient (Wildman–Crippen LogP) is 4.96. The van der Waals surface area contributed by atoms with Gasteiger partial charge in [0.25, 0.3) is 0 Å². The lowest BCUT2D eigenvalue weighted by Gasteiger charge is -2.22. The van der Waals surface area contributed by atoms with Gasteiger partial charge in [-0.3, -0.25) is 0 Å². The van der Waals surface area contributed by atoms with Crippen molar-refractivity contribution in [3.05, 3.63) is 68.2 Å². The van der Waals surface area contributed by atoms with E-state index in [-0.39, 0.29) is 15.5 Å². The van der Waals surface area contributed by atoms with Crippen LogP contribution in [0.3, 0.4) is 0 Å². The number of thiophene rings is 1. The van der Waals surface area contributed by atoms with Crippen LogP contribution < -0.4 is 0 Å². The Kier molecular flexibility index (Phi) is 8.10. The van der Waals surface area contributed by atoms with Crippen molar-refractivity contribution in [1.82, 2.24) is 9.46 Å². The van der Waals surface area contributed by atoms with Gasteiger partial charge in [0.05, 0.1) is 0 Å². The maximum atomic E-state index is 13.4. The quantitative estimate of drug-likeness (QED) is 0.402. The number of hydrogen-bond donors (Lipinski definition) is 1. The van der Waals surface area contributed by atoms with Crippen LogP contribution in [-0.2, 0) is 22.9 Å². The Labute approximate surface area is 196 Å². The average molecular weight is 497 g/mol. The molecule has 0 amide bonds. The van der Waals surface area contributed by atoms with Gasteiger partial charge in [-0.15, -0.1) is 11.3 Å². The molecule has 0 saturated heterocycles. The molecule has 0 aliphatic carbocycles. The first kappa shape index (κ1) is 24.4. The number of hydrogen-bond acceptors (Lipinski definition) is 6. The van der Waals surface area contributed by atoms with E-state index < -0.39 is 16.0 Å². The molecular formula is C22H25ClN2O5S2. The van der Waals surface area contributed by atoms with Gasteiger partial charge in [-0.1, -0.05) is 28.9 Å². The fourth-order valence-electron chi connectivity index (χ4n) is 3.53. The lowest BCUT2D eigenvalue weighted by atomic mass is 10.1. The van der Waals surface area contributed by atoms with Gasteiger partial charge in [-0.2, -0.15) is 4.31 Å². The second-order valence-corrected chi connectivity index (χ2v) is 10.9. The maximum absolute atomic E-state index is 13.4. The highest BCUT2D eigenvalue weighted by atomic mass is 35.5. The van der Waals surface area contributed by atoms with Crippen molar-refractivity contribution in [2.24, 2.45) is 0 Å². The van der Waals surface area contributed by atoms with Crippen LogP contribution >= 0.6 is 22.9 Å². The van der Waals surface area contributed by atoms with Crippen LogP contribution in [0.4, 0.5) is 0 Å². The zero-order valence-corrected chi connectivity index (χ0v) is 20.3. The van der Waals surface area contributed by atoms with E-state index in [1.165, 1.54) is 15.6 Å². The Hall–Kier alpha value is -2.20. The van der Waals surface area contributed by atoms with Gasteiger partial charge in [0.1, 0.15) is 15.5 Å². The first-order valence-corrected chi connectivity index (χ1v) is 12.8. The van der Waals surface area contributed by atoms with E-state index in [1.54, 1.807) is 32.0 Å². The number of aryl methyl sites for hydroxylation is 4. The Bertz CT molecular complexity index is 1170. The van der Waals surface area contributed by atoms with Crippen LogP contribution in [0.1, 0.15) is 44.4 Å². The molecule has 0 saturated carbocycles. The summed E-state index contributed by atoms with van der Waals surface area (Å²) in [6.07, 6.45) is 2.49. The van der Waals surface area contributed by atoms with Crippen LogP contribution in [0.25, 0.3) is 0 Å². The normalized spacial score (nSPS) is 11.9. The molecule has 2 heterocycles. The van der Waals surface area contributed by atoms with E-state index in [4.69, 9.17) is 21.2 Å². The maximum Gasteiger partial charge on any atom is 0.345 e. The third-order valence-corrected chi connectivity index (χ3v) is 8.54. The third kappa shape index (κ3) is 5.98. The fourth-order valence-corrected chi connectivity index (χ4v) is 6.44. The molecule has 0 spiro atoms. The number of benzene rings is 1. The monoisotopic (exact) mass is 496 g/mol. The van der Waals surface area contributed by atoms with E-state index in [2.05, 4.69) is 5.16 Å². The standard InChI is InChI=1S/C22H25ClN2O5S2/c1-15-21(16(2)30-24-15)32(28,29)25(12-4-7-17-6-3-8-18(23)14-17)13-5-9-19-10-11-20(31-19)22(26)27/h3,6,8,10-11,14H,4-5,7,9,12-13H2,1-2H3,(H,26,27). The van der Waals surface area contributed by atoms with Crippen LogP contribution in [0.5, 0.6) is 0 Å². The molecule has 3 rings (SSSR count). The molecule has 7 nitrogen and oxygen atoms in total. The van der Waals surface area contributed by atoms with Gasteiger partial charge >= 0.3 is 5.97 Å². The largest absolute Gasteiger partial charge is 0.477 e. The zero-order chi connectivity index (χ0) is 23.3. The second-order valence-electron chi connectivity index (χ2n) is 7.47. The van der Waals surface area contributed by atoms with E-state index in [0.29, 0.717) is 49.5 Å². The molecule has 0 aliphatic heterocycles. The molecule has 0 radical (unpaired) electrons. The summed E-state index contributed by atoms with van der Waals surface area (Å²) in [4.78, 5) is 12.4. The minimum atomic E-state index is -3.78. The molecule has 1 N–H and O–H groups in total. The van der Waals surface area contributed by atoms with Gasteiger partial charge in [-0.05, 0) is 69.4 Å². The summed E-state index contributed by atoms with van der Waals surface area (Å²) < 4.78 is 33.4. The topological polar surface area (TPSA) is 101 Å². The number of aromatic carboxylic acids is 1. The fraction of sp³-hybridized carbons (Fsp3) is 0.364. The van der Waals surface area contributed by atoms with Crippen molar-refractivity contribution in [2.45, 2.75) is 44.4 Å². The molecule has 10 heteroatoms. The summed E-state index contributed by atoms with van der Waals surface area (Å²) in [5, 5.41) is 13.5. The summed E-state index contributed by atoms with van der Waals surface area (Å²) in [6, 6.07) is 10.9. The number of carboxylic acid groups (broad SMARTS) is 1. The summed E-state index contributed by atoms with van der Waals surface area (Å²) in [6.45, 7) is 3.86. The van der Waals surface area contributed by atoms with Gasteiger partial charge in [-0.25, -0.2) is 13.2 Å². The number of carbonyl (C=O) groups is 1. The average Bonchev–Trinajstić information content (AvgIpc) is 3.33. The van der Waals surface area contributed by atoms with E-state index in [0.717, 1.165) is 10.4 Å². The van der Waals surface area contributed by atoms with Gasteiger partial charge in [0.2, 0.25) is 10.0 Å². The predicted molar refractivity (Wildman–Crippen MR) is 124 cm³/mol. The molecule has 32 heavy (non-hydrogen) atoms. The number of halogens is 1. The van der Waals surface area contributed by atoms with Crippen molar-refractivity contribution < 1.29 is 22.8 Å². The molecule has 0 unspecified atom stereocenters. The van der Waals surface area contributed by atoms with Gasteiger partial charge in [0, 0.05) is 23.0 Å². The van der Waals surface area contributed by atoms with Gasteiger partial charge in [0.15, 0.2) is 5.76 Å². The van der Waals surface area contributed by atoms with Gasteiger partial charge < -0.3 is 9.63 Å². The smallest absolute Gasteiger partial charge is 0.345 e. The van der Waals surface area contributed by atoms with Crippen molar-refractivity contribution >= 4 is 38.9 Å². The zero-order valence-electron chi connectivity index (χ0n) is 17.9. The lowest BCUT2D eigenvalue weighted by Crippen LogP contribution is -2.34. The van der Waals surface area contributed by atoms with Crippen molar-refractivity contribution in [3.8, 4) is 0 Å². The van der Waals surface area contributed by atoms with Crippen LogP contribution in [0.15, 0.2) is 45.8 Å². The molecule has 0 bridgehead atoms. The molecule has 172 valence electrons. The second kappa shape index (κ2) is 10.6. The van der Waals surface area contributed by atoms with E-state index in [9.17, 15) is 13.2 Å². The van der Waals surface area contributed by atoms with E-state index in [1.807, 2.05) is 18.2 Å². The molecule has 3 aromatic rings. The lowest BCUT2D eigenvalue weighted by molar-refractivity contribution is 0.0702. The number of aromatic nitrogens is 1. The van der Waals surface area contributed by atoms with Crippen LogP contribution in [0, 0.1) is 13.8 Å². The Morgan fingerprint density at radius 1 is 1.16 bits per heavy atom. The van der Waals surface area contributed by atoms with Crippen LogP contribution in [-0.4, -0.2) is 42.0 Å². The molecule has 0 fully saturated rings. The minimum absolute atomic E-state index is 0.115. The van der Waals surface area contributed by atoms with E-state index >= 15 is 0 Å². The highest BCUT2D eigenvalue weighted by molar-refractivity contribution is 7.89. The molecule has 1 aromatic carbocycles. The Balaban J connectivity index is 1.71. The third-order valence-electron chi connectivity index (χ3n) is 5.03. The molecule has 0 atom stereocenters. The highest BCUT2D eigenvalue weighted by Gasteiger charge is 2.30. The first-order valence-electron chi connectivity index (χ1n) is 10.2. The van der Waals surface area contributed by atoms with Crippen molar-refractivity contribution in [1.29, 1.82) is 0 Å². The van der Waals surface area contributed by atoms with Crippen LogP contribution in [0.2, 0.25) is 5.02 Å². The summed E-state index contributed by atoms with van der Waals surface area (Å²) in [5.74, 6) is -0.684. The summed E-state index contributed by atoms with van der Waals surface area (Å²) in [7, 11) is -3.78. The number of sulfonamides is 1. The summed E-state index contributed by atoms with van der Waals surface area (Å²) >= 11 is 7.26. The van der Waals surface area contributed by atoms with Crippen molar-refractivity contribution in [3.63, 3.8) is 0 Å². The number of nitrogens with zero attached hydrogens (tertiary/aromatic N) is 2. The number of rotatable bonds is 11. The first-order chi connectivity index (χ1) is 15.2. The molecule has 0 aliphatic rings. The summed E-state index contributed by atoms with van der Waals surface area (Å²) in [5.41, 5.74) is 1.39. The SMILES string of the molecule is Cc1noc(C)c1S(=O)(=O)N(CCCc1cccc(Cl)c1)CCCc1ccc(C(=O)O)s1. The minimum Gasteiger partial charge on any atom is -0.477 e. The Morgan fingerprint density at radius 3 is 2.47 bits per heavy atom. The number of carboxylic acids is 1. The van der Waals surface area contributed by atoms with Crippen molar-refractivity contribution in [2.75, 3.05) is 13.1 Å². The Morgan fingerprint density at radius 2 is 1.88 bits per heavy atom. The highest BCUT2D eigenvalue weighted by Crippen LogP contribution is 2.25. The molecular weight excluding hydrogens is 472 g/mol. The molecule has 2 aromatic heterocycles.